The lowest BCUT2D eigenvalue weighted by Gasteiger charge is -2.13. The molecule has 2 unspecified atom stereocenters. The van der Waals surface area contributed by atoms with Gasteiger partial charge in [-0.15, -0.1) is 0 Å². The van der Waals surface area contributed by atoms with Crippen LogP contribution in [0.5, 0.6) is 0 Å². The maximum Gasteiger partial charge on any atom is 0.261 e. The Morgan fingerprint density at radius 1 is 0.559 bits per heavy atom. The fourth-order valence-electron chi connectivity index (χ4n) is 3.46. The zero-order valence-electron chi connectivity index (χ0n) is 19.9. The standard InChI is InChI=1S/C26H32N2O4S2/c1-5-19(3)21-7-15-25(16-8-21)33(29,30)27-23-11-13-24(14-12-23)28-34(31,32)26-17-9-22(10-18-26)20(4)6-2/h7-20,27-28H,5-6H2,1-4H3. The van der Waals surface area contributed by atoms with E-state index < -0.39 is 20.0 Å². The zero-order chi connectivity index (χ0) is 24.9. The molecule has 3 aromatic rings. The average molecular weight is 501 g/mol. The van der Waals surface area contributed by atoms with Gasteiger partial charge in [-0.2, -0.15) is 0 Å². The molecule has 0 aromatic heterocycles. The van der Waals surface area contributed by atoms with Crippen LogP contribution >= 0.6 is 0 Å². The monoisotopic (exact) mass is 500 g/mol. The van der Waals surface area contributed by atoms with Crippen LogP contribution in [0.3, 0.4) is 0 Å². The summed E-state index contributed by atoms with van der Waals surface area (Å²) in [6, 6.07) is 19.8. The zero-order valence-corrected chi connectivity index (χ0v) is 21.6. The second kappa shape index (κ2) is 10.6. The van der Waals surface area contributed by atoms with Crippen molar-refractivity contribution >= 4 is 31.4 Å². The molecule has 0 fully saturated rings. The summed E-state index contributed by atoms with van der Waals surface area (Å²) < 4.78 is 56.0. The van der Waals surface area contributed by atoms with Crippen molar-refractivity contribution < 1.29 is 16.8 Å². The number of sulfonamides is 2. The first-order chi connectivity index (χ1) is 16.1. The van der Waals surface area contributed by atoms with Crippen LogP contribution in [0.1, 0.15) is 63.5 Å². The molecule has 8 heteroatoms. The van der Waals surface area contributed by atoms with Gasteiger partial charge in [-0.1, -0.05) is 52.0 Å². The van der Waals surface area contributed by atoms with Crippen molar-refractivity contribution in [2.45, 2.75) is 62.2 Å². The predicted molar refractivity (Wildman–Crippen MR) is 138 cm³/mol. The van der Waals surface area contributed by atoms with Gasteiger partial charge in [0.05, 0.1) is 9.79 Å². The molecular weight excluding hydrogens is 468 g/mol. The van der Waals surface area contributed by atoms with E-state index in [0.29, 0.717) is 23.2 Å². The number of benzene rings is 3. The summed E-state index contributed by atoms with van der Waals surface area (Å²) in [7, 11) is -7.51. The first-order valence-corrected chi connectivity index (χ1v) is 14.4. The molecule has 0 aliphatic heterocycles. The Hall–Kier alpha value is -2.84. The normalized spacial score (nSPS) is 13.8. The van der Waals surface area contributed by atoms with Crippen molar-refractivity contribution in [1.29, 1.82) is 0 Å². The molecule has 3 aromatic carbocycles. The first kappa shape index (κ1) is 25.8. The number of hydrogen-bond acceptors (Lipinski definition) is 4. The highest BCUT2D eigenvalue weighted by Crippen LogP contribution is 2.25. The van der Waals surface area contributed by atoms with Crippen LogP contribution in [0.2, 0.25) is 0 Å². The van der Waals surface area contributed by atoms with E-state index in [-0.39, 0.29) is 9.79 Å². The van der Waals surface area contributed by atoms with Gasteiger partial charge in [-0.3, -0.25) is 9.44 Å². The Balaban J connectivity index is 1.69. The number of rotatable bonds is 10. The van der Waals surface area contributed by atoms with Gasteiger partial charge in [0.25, 0.3) is 20.0 Å². The molecule has 0 heterocycles. The van der Waals surface area contributed by atoms with Crippen LogP contribution in [0.25, 0.3) is 0 Å². The fourth-order valence-corrected chi connectivity index (χ4v) is 5.57. The van der Waals surface area contributed by atoms with E-state index in [9.17, 15) is 16.8 Å². The smallest absolute Gasteiger partial charge is 0.261 e. The Morgan fingerprint density at radius 2 is 0.853 bits per heavy atom. The first-order valence-electron chi connectivity index (χ1n) is 11.4. The van der Waals surface area contributed by atoms with Crippen molar-refractivity contribution in [2.24, 2.45) is 0 Å². The highest BCUT2D eigenvalue weighted by Gasteiger charge is 2.17. The van der Waals surface area contributed by atoms with Crippen molar-refractivity contribution in [2.75, 3.05) is 9.44 Å². The minimum Gasteiger partial charge on any atom is -0.280 e. The van der Waals surface area contributed by atoms with Gasteiger partial charge in [0.1, 0.15) is 0 Å². The number of nitrogens with one attached hydrogen (secondary N) is 2. The molecule has 0 spiro atoms. The minimum absolute atomic E-state index is 0.171. The van der Waals surface area contributed by atoms with E-state index in [2.05, 4.69) is 37.1 Å². The summed E-state index contributed by atoms with van der Waals surface area (Å²) in [6.45, 7) is 8.37. The fraction of sp³-hybridized carbons (Fsp3) is 0.308. The summed E-state index contributed by atoms with van der Waals surface area (Å²) in [5, 5.41) is 0. The maximum atomic E-state index is 12.7. The largest absolute Gasteiger partial charge is 0.280 e. The van der Waals surface area contributed by atoms with Crippen LogP contribution < -0.4 is 9.44 Å². The SMILES string of the molecule is CCC(C)c1ccc(S(=O)(=O)Nc2ccc(NS(=O)(=O)c3ccc(C(C)CC)cc3)cc2)cc1. The highest BCUT2D eigenvalue weighted by atomic mass is 32.2. The topological polar surface area (TPSA) is 92.3 Å². The van der Waals surface area contributed by atoms with Crippen molar-refractivity contribution in [3.05, 3.63) is 83.9 Å². The van der Waals surface area contributed by atoms with E-state index in [1.165, 1.54) is 24.3 Å². The second-order valence-corrected chi connectivity index (χ2v) is 11.9. The van der Waals surface area contributed by atoms with E-state index in [0.717, 1.165) is 24.0 Å². The molecule has 0 radical (unpaired) electrons. The van der Waals surface area contributed by atoms with Gasteiger partial charge in [0.15, 0.2) is 0 Å². The third-order valence-electron chi connectivity index (χ3n) is 6.13. The van der Waals surface area contributed by atoms with Gasteiger partial charge in [0, 0.05) is 11.4 Å². The number of anilines is 2. The van der Waals surface area contributed by atoms with Crippen LogP contribution in [-0.2, 0) is 20.0 Å². The van der Waals surface area contributed by atoms with Gasteiger partial charge >= 0.3 is 0 Å². The third kappa shape index (κ3) is 6.18. The lowest BCUT2D eigenvalue weighted by atomic mass is 9.99. The number of hydrogen-bond donors (Lipinski definition) is 2. The summed E-state index contributed by atoms with van der Waals surface area (Å²) in [6.07, 6.45) is 1.95. The third-order valence-corrected chi connectivity index (χ3v) is 8.93. The molecule has 0 aliphatic rings. The molecule has 0 saturated heterocycles. The lowest BCUT2D eigenvalue weighted by molar-refractivity contribution is 0.599. The molecule has 3 rings (SSSR count). The van der Waals surface area contributed by atoms with Crippen molar-refractivity contribution in [3.63, 3.8) is 0 Å². The molecule has 2 atom stereocenters. The molecule has 2 N–H and O–H groups in total. The van der Waals surface area contributed by atoms with E-state index >= 15 is 0 Å². The summed E-state index contributed by atoms with van der Waals surface area (Å²) in [4.78, 5) is 0.343. The second-order valence-electron chi connectivity index (χ2n) is 8.55. The molecular formula is C26H32N2O4S2. The van der Waals surface area contributed by atoms with E-state index in [1.807, 2.05) is 24.3 Å². The van der Waals surface area contributed by atoms with E-state index in [1.54, 1.807) is 24.3 Å². The van der Waals surface area contributed by atoms with Crippen LogP contribution in [0, 0.1) is 0 Å². The molecule has 6 nitrogen and oxygen atoms in total. The Labute approximate surface area is 203 Å². The Bertz CT molecular complexity index is 1200. The van der Waals surface area contributed by atoms with Crippen molar-refractivity contribution in [1.82, 2.24) is 0 Å². The molecule has 0 amide bonds. The highest BCUT2D eigenvalue weighted by molar-refractivity contribution is 7.93. The lowest BCUT2D eigenvalue weighted by Crippen LogP contribution is -2.14. The quantitative estimate of drug-likeness (QED) is 0.341. The van der Waals surface area contributed by atoms with E-state index in [4.69, 9.17) is 0 Å². The summed E-state index contributed by atoms with van der Waals surface area (Å²) in [5.41, 5.74) is 2.86. The average Bonchev–Trinajstić information content (AvgIpc) is 2.84. The van der Waals surface area contributed by atoms with Gasteiger partial charge in [-0.05, 0) is 84.3 Å². The Morgan fingerprint density at radius 3 is 1.12 bits per heavy atom. The van der Waals surface area contributed by atoms with Crippen molar-refractivity contribution in [3.8, 4) is 0 Å². The van der Waals surface area contributed by atoms with Gasteiger partial charge in [0.2, 0.25) is 0 Å². The molecule has 34 heavy (non-hydrogen) atoms. The molecule has 0 saturated carbocycles. The minimum atomic E-state index is -3.76. The summed E-state index contributed by atoms with van der Waals surface area (Å²) in [5.74, 6) is 0.720. The van der Waals surface area contributed by atoms with Crippen LogP contribution in [0.15, 0.2) is 82.6 Å². The molecule has 0 bridgehead atoms. The maximum absolute atomic E-state index is 12.7. The predicted octanol–water partition coefficient (Wildman–Crippen LogP) is 6.32. The molecule has 182 valence electrons. The van der Waals surface area contributed by atoms with Gasteiger partial charge < -0.3 is 0 Å². The van der Waals surface area contributed by atoms with Crippen LogP contribution in [0.4, 0.5) is 11.4 Å². The Kier molecular flexibility index (Phi) is 8.05. The van der Waals surface area contributed by atoms with Gasteiger partial charge in [-0.25, -0.2) is 16.8 Å². The molecule has 0 aliphatic carbocycles. The summed E-state index contributed by atoms with van der Waals surface area (Å²) >= 11 is 0. The van der Waals surface area contributed by atoms with Crippen LogP contribution in [-0.4, -0.2) is 16.8 Å².